The van der Waals surface area contributed by atoms with E-state index >= 15 is 0 Å². The van der Waals surface area contributed by atoms with E-state index in [0.29, 0.717) is 5.69 Å². The van der Waals surface area contributed by atoms with Crippen molar-refractivity contribution in [1.29, 1.82) is 0 Å². The minimum absolute atomic E-state index is 0.129. The molecular formula is C24H25N3O2. The van der Waals surface area contributed by atoms with E-state index in [2.05, 4.69) is 28.1 Å². The van der Waals surface area contributed by atoms with Crippen LogP contribution in [0, 0.1) is 0 Å². The molecule has 0 radical (unpaired) electrons. The van der Waals surface area contributed by atoms with E-state index in [0.717, 1.165) is 23.2 Å². The molecule has 5 nitrogen and oxygen atoms in total. The van der Waals surface area contributed by atoms with Crippen molar-refractivity contribution in [3.05, 3.63) is 95.6 Å². The number of anilines is 2. The zero-order chi connectivity index (χ0) is 20.6. The first-order valence-electron chi connectivity index (χ1n) is 9.58. The highest BCUT2D eigenvalue weighted by Crippen LogP contribution is 2.20. The molecule has 3 aromatic rings. The van der Waals surface area contributed by atoms with E-state index in [1.165, 1.54) is 12.5 Å². The third-order valence-electron chi connectivity index (χ3n) is 4.56. The maximum atomic E-state index is 12.6. The molecule has 3 N–H and O–H groups in total. The fourth-order valence-corrected chi connectivity index (χ4v) is 3.14. The molecule has 0 aliphatic heterocycles. The number of amides is 3. The van der Waals surface area contributed by atoms with Crippen LogP contribution in [0.2, 0.25) is 0 Å². The van der Waals surface area contributed by atoms with Crippen molar-refractivity contribution in [2.24, 2.45) is 0 Å². The Morgan fingerprint density at radius 2 is 1.59 bits per heavy atom. The van der Waals surface area contributed by atoms with Crippen LogP contribution in [-0.2, 0) is 11.2 Å². The molecule has 0 fully saturated rings. The van der Waals surface area contributed by atoms with Gasteiger partial charge in [-0.2, -0.15) is 0 Å². The first-order chi connectivity index (χ1) is 14.0. The summed E-state index contributed by atoms with van der Waals surface area (Å²) in [5.41, 5.74) is 4.63. The molecule has 0 aliphatic rings. The lowest BCUT2D eigenvalue weighted by Crippen LogP contribution is -2.31. The summed E-state index contributed by atoms with van der Waals surface area (Å²) < 4.78 is 0. The van der Waals surface area contributed by atoms with Gasteiger partial charge in [0.1, 0.15) is 0 Å². The maximum absolute atomic E-state index is 12.6. The van der Waals surface area contributed by atoms with Gasteiger partial charge in [-0.15, -0.1) is 0 Å². The average Bonchev–Trinajstić information content (AvgIpc) is 2.70. The highest BCUT2D eigenvalue weighted by Gasteiger charge is 2.12. The van der Waals surface area contributed by atoms with Crippen molar-refractivity contribution in [2.75, 3.05) is 10.6 Å². The number of rotatable bonds is 6. The molecule has 0 saturated carbocycles. The predicted molar refractivity (Wildman–Crippen MR) is 117 cm³/mol. The van der Waals surface area contributed by atoms with Crippen LogP contribution in [-0.4, -0.2) is 11.9 Å². The average molecular weight is 387 g/mol. The normalized spacial score (nSPS) is 11.4. The summed E-state index contributed by atoms with van der Waals surface area (Å²) in [6.45, 7) is 3.37. The topological polar surface area (TPSA) is 70.2 Å². The van der Waals surface area contributed by atoms with E-state index in [1.807, 2.05) is 73.7 Å². The number of carbonyl (C=O) groups is 2. The number of hydrogen-bond acceptors (Lipinski definition) is 2. The van der Waals surface area contributed by atoms with Crippen LogP contribution in [0.15, 0.2) is 78.9 Å². The van der Waals surface area contributed by atoms with E-state index in [9.17, 15) is 9.59 Å². The van der Waals surface area contributed by atoms with Crippen molar-refractivity contribution in [3.63, 3.8) is 0 Å². The Labute approximate surface area is 171 Å². The van der Waals surface area contributed by atoms with Gasteiger partial charge in [0.05, 0.1) is 6.04 Å². The van der Waals surface area contributed by atoms with Crippen LogP contribution in [0.4, 0.5) is 16.2 Å². The molecular weight excluding hydrogens is 362 g/mol. The van der Waals surface area contributed by atoms with Crippen molar-refractivity contribution in [1.82, 2.24) is 5.32 Å². The van der Waals surface area contributed by atoms with Crippen LogP contribution in [0.25, 0.3) is 0 Å². The summed E-state index contributed by atoms with van der Waals surface area (Å²) in [6.07, 6.45) is 0.742. The van der Waals surface area contributed by atoms with Crippen LogP contribution in [0.3, 0.4) is 0 Å². The first-order valence-corrected chi connectivity index (χ1v) is 9.58. The third-order valence-corrected chi connectivity index (χ3v) is 4.56. The number of urea groups is 1. The van der Waals surface area contributed by atoms with Gasteiger partial charge in [0.15, 0.2) is 0 Å². The van der Waals surface area contributed by atoms with Crippen LogP contribution in [0.5, 0.6) is 0 Å². The highest BCUT2D eigenvalue weighted by atomic mass is 16.2. The summed E-state index contributed by atoms with van der Waals surface area (Å²) in [5.74, 6) is -0.129. The first kappa shape index (κ1) is 20.1. The molecule has 0 aromatic heterocycles. The quantitative estimate of drug-likeness (QED) is 0.549. The van der Waals surface area contributed by atoms with Gasteiger partial charge >= 0.3 is 6.03 Å². The second-order valence-electron chi connectivity index (χ2n) is 6.95. The maximum Gasteiger partial charge on any atom is 0.319 e. The number of para-hydroxylation sites is 1. The Morgan fingerprint density at radius 1 is 0.862 bits per heavy atom. The third kappa shape index (κ3) is 5.94. The van der Waals surface area contributed by atoms with Gasteiger partial charge in [-0.05, 0) is 48.2 Å². The molecule has 0 aliphatic carbocycles. The number of carbonyl (C=O) groups excluding carboxylic acids is 2. The molecule has 0 saturated heterocycles. The van der Waals surface area contributed by atoms with E-state index in [1.54, 1.807) is 0 Å². The SMILES string of the molecule is CC(=O)Nc1cccc(C(C)NC(=O)Nc2ccccc2Cc2ccccc2)c1. The molecule has 0 bridgehead atoms. The smallest absolute Gasteiger partial charge is 0.319 e. The molecule has 29 heavy (non-hydrogen) atoms. The summed E-state index contributed by atoms with van der Waals surface area (Å²) in [5, 5.41) is 8.67. The molecule has 1 unspecified atom stereocenters. The lowest BCUT2D eigenvalue weighted by Gasteiger charge is -2.17. The summed E-state index contributed by atoms with van der Waals surface area (Å²) in [6, 6.07) is 24.9. The predicted octanol–water partition coefficient (Wildman–Crippen LogP) is 5.12. The zero-order valence-electron chi connectivity index (χ0n) is 16.6. The standard InChI is InChI=1S/C24H25N3O2/c1-17(20-12-8-13-22(16-20)26-18(2)28)25-24(29)27-23-14-7-6-11-21(23)15-19-9-4-3-5-10-19/h3-14,16-17H,15H2,1-2H3,(H,26,28)(H2,25,27,29). The van der Waals surface area contributed by atoms with Gasteiger partial charge in [-0.1, -0.05) is 60.7 Å². The molecule has 148 valence electrons. The molecule has 0 heterocycles. The van der Waals surface area contributed by atoms with E-state index in [4.69, 9.17) is 0 Å². The monoisotopic (exact) mass is 387 g/mol. The van der Waals surface area contributed by atoms with Gasteiger partial charge in [-0.3, -0.25) is 4.79 Å². The fraction of sp³-hybridized carbons (Fsp3) is 0.167. The minimum atomic E-state index is -0.275. The molecule has 3 aromatic carbocycles. The summed E-state index contributed by atoms with van der Waals surface area (Å²) in [7, 11) is 0. The van der Waals surface area contributed by atoms with Gasteiger partial charge in [0.2, 0.25) is 5.91 Å². The second-order valence-corrected chi connectivity index (χ2v) is 6.95. The number of nitrogens with one attached hydrogen (secondary N) is 3. The van der Waals surface area contributed by atoms with Crippen molar-refractivity contribution in [2.45, 2.75) is 26.3 Å². The Bertz CT molecular complexity index is 986. The fourth-order valence-electron chi connectivity index (χ4n) is 3.14. The number of benzene rings is 3. The molecule has 0 spiro atoms. The second kappa shape index (κ2) is 9.55. The Morgan fingerprint density at radius 3 is 2.34 bits per heavy atom. The van der Waals surface area contributed by atoms with Crippen molar-refractivity contribution in [3.8, 4) is 0 Å². The highest BCUT2D eigenvalue weighted by molar-refractivity contribution is 5.91. The van der Waals surface area contributed by atoms with E-state index in [-0.39, 0.29) is 18.0 Å². The van der Waals surface area contributed by atoms with Gasteiger partial charge in [-0.25, -0.2) is 4.79 Å². The molecule has 3 rings (SSSR count). The van der Waals surface area contributed by atoms with Crippen LogP contribution in [0.1, 0.15) is 36.6 Å². The molecule has 1 atom stereocenters. The Hall–Kier alpha value is -3.60. The summed E-state index contributed by atoms with van der Waals surface area (Å²) in [4.78, 5) is 23.8. The van der Waals surface area contributed by atoms with Gasteiger partial charge < -0.3 is 16.0 Å². The largest absolute Gasteiger partial charge is 0.331 e. The Balaban J connectivity index is 1.66. The van der Waals surface area contributed by atoms with Gasteiger partial charge in [0.25, 0.3) is 0 Å². The van der Waals surface area contributed by atoms with Crippen molar-refractivity contribution >= 4 is 23.3 Å². The lowest BCUT2D eigenvalue weighted by atomic mass is 10.0. The van der Waals surface area contributed by atoms with Crippen molar-refractivity contribution < 1.29 is 9.59 Å². The number of hydrogen-bond donors (Lipinski definition) is 3. The van der Waals surface area contributed by atoms with Crippen LogP contribution >= 0.6 is 0 Å². The molecule has 5 heteroatoms. The van der Waals surface area contributed by atoms with E-state index < -0.39 is 0 Å². The molecule has 3 amide bonds. The minimum Gasteiger partial charge on any atom is -0.331 e. The zero-order valence-corrected chi connectivity index (χ0v) is 16.6. The summed E-state index contributed by atoms with van der Waals surface area (Å²) >= 11 is 0. The van der Waals surface area contributed by atoms with Gasteiger partial charge in [0, 0.05) is 18.3 Å². The van der Waals surface area contributed by atoms with Crippen LogP contribution < -0.4 is 16.0 Å². The lowest BCUT2D eigenvalue weighted by molar-refractivity contribution is -0.114. The Kier molecular flexibility index (Phi) is 6.63.